The van der Waals surface area contributed by atoms with E-state index >= 15 is 0 Å². The van der Waals surface area contributed by atoms with Gasteiger partial charge >= 0.3 is 0 Å². The number of nitrogens with zero attached hydrogens (tertiary/aromatic N) is 4. The Morgan fingerprint density at radius 3 is 2.08 bits per heavy atom. The molecule has 1 aliphatic carbocycles. The van der Waals surface area contributed by atoms with Gasteiger partial charge in [-0.1, -0.05) is 24.3 Å². The Balaban J connectivity index is 1.40. The predicted molar refractivity (Wildman–Crippen MR) is 137 cm³/mol. The number of rotatable bonds is 8. The van der Waals surface area contributed by atoms with Crippen LogP contribution in [0.5, 0.6) is 0 Å². The van der Waals surface area contributed by atoms with Crippen LogP contribution in [0.4, 0.5) is 17.5 Å². The summed E-state index contributed by atoms with van der Waals surface area (Å²) in [5.74, 6) is 0.701. The van der Waals surface area contributed by atoms with Gasteiger partial charge in [0.2, 0.25) is 16.0 Å². The molecule has 2 aromatic heterocycles. The minimum Gasteiger partial charge on any atom is -0.367 e. The smallest absolute Gasteiger partial charge is 0.242 e. The summed E-state index contributed by atoms with van der Waals surface area (Å²) in [6.45, 7) is 0. The molecule has 0 saturated heterocycles. The van der Waals surface area contributed by atoms with Crippen molar-refractivity contribution in [3.05, 3.63) is 48.5 Å². The standard InChI is InChI=1S/C23H25N7O4S2/c1-30(2)36(33,34)18-12-6-15(7-13-18)14-4-8-17(9-5-14)25-23-26-20(24-16-10-11-16)19-21(27-23)28-29-22(19)35(3,31)32/h4-9,12-13,16H,10-11H2,1-3H3,(H3,24,25,26,27,28,29). The largest absolute Gasteiger partial charge is 0.367 e. The van der Waals surface area contributed by atoms with Crippen LogP contribution in [-0.4, -0.2) is 67.7 Å². The van der Waals surface area contributed by atoms with E-state index in [-0.39, 0.29) is 27.6 Å². The normalized spacial score (nSPS) is 14.3. The Hall–Kier alpha value is -3.55. The van der Waals surface area contributed by atoms with Crippen LogP contribution in [0.25, 0.3) is 22.2 Å². The Morgan fingerprint density at radius 1 is 0.917 bits per heavy atom. The molecule has 1 fully saturated rings. The molecule has 5 rings (SSSR count). The van der Waals surface area contributed by atoms with Gasteiger partial charge in [-0.3, -0.25) is 5.10 Å². The van der Waals surface area contributed by atoms with Crippen molar-refractivity contribution in [2.45, 2.75) is 28.8 Å². The third-order valence-corrected chi connectivity index (χ3v) is 8.64. The number of benzene rings is 2. The second-order valence-electron chi connectivity index (χ2n) is 8.85. The van der Waals surface area contributed by atoms with Crippen LogP contribution in [0.15, 0.2) is 58.5 Å². The van der Waals surface area contributed by atoms with Crippen LogP contribution >= 0.6 is 0 Å². The van der Waals surface area contributed by atoms with Crippen LogP contribution in [0.1, 0.15) is 12.8 Å². The zero-order valence-electron chi connectivity index (χ0n) is 19.8. The second kappa shape index (κ2) is 8.84. The van der Waals surface area contributed by atoms with Crippen molar-refractivity contribution in [1.29, 1.82) is 0 Å². The van der Waals surface area contributed by atoms with Gasteiger partial charge in [-0.05, 0) is 48.2 Å². The van der Waals surface area contributed by atoms with Gasteiger partial charge in [-0.15, -0.1) is 0 Å². The average Bonchev–Trinajstić information content (AvgIpc) is 3.53. The summed E-state index contributed by atoms with van der Waals surface area (Å²) < 4.78 is 50.1. The van der Waals surface area contributed by atoms with E-state index < -0.39 is 19.9 Å². The van der Waals surface area contributed by atoms with E-state index in [1.165, 1.54) is 18.4 Å². The van der Waals surface area contributed by atoms with E-state index in [0.717, 1.165) is 35.9 Å². The lowest BCUT2D eigenvalue weighted by atomic mass is 10.1. The minimum atomic E-state index is -3.54. The quantitative estimate of drug-likeness (QED) is 0.314. The second-order valence-corrected chi connectivity index (χ2v) is 13.0. The molecule has 13 heteroatoms. The number of fused-ring (bicyclic) bond motifs is 1. The van der Waals surface area contributed by atoms with Crippen LogP contribution in [-0.2, 0) is 19.9 Å². The van der Waals surface area contributed by atoms with Crippen molar-refractivity contribution in [2.75, 3.05) is 31.0 Å². The van der Waals surface area contributed by atoms with Gasteiger partial charge in [0.15, 0.2) is 20.5 Å². The highest BCUT2D eigenvalue weighted by Crippen LogP contribution is 2.32. The van der Waals surface area contributed by atoms with Crippen molar-refractivity contribution < 1.29 is 16.8 Å². The Bertz CT molecular complexity index is 1640. The molecule has 0 amide bonds. The number of anilines is 3. The first-order valence-corrected chi connectivity index (χ1v) is 14.5. The molecule has 4 aromatic rings. The number of aromatic nitrogens is 4. The van der Waals surface area contributed by atoms with E-state index in [4.69, 9.17) is 0 Å². The van der Waals surface area contributed by atoms with Gasteiger partial charge in [0.25, 0.3) is 0 Å². The van der Waals surface area contributed by atoms with Gasteiger partial charge in [0.05, 0.1) is 4.90 Å². The monoisotopic (exact) mass is 527 g/mol. The molecule has 3 N–H and O–H groups in total. The molecule has 0 aliphatic heterocycles. The number of aromatic amines is 1. The molecule has 11 nitrogen and oxygen atoms in total. The molecule has 0 atom stereocenters. The fourth-order valence-corrected chi connectivity index (χ4v) is 5.33. The molecule has 1 aliphatic rings. The van der Waals surface area contributed by atoms with E-state index in [1.807, 2.05) is 24.3 Å². The maximum atomic E-state index is 12.3. The number of sulfonamides is 1. The summed E-state index contributed by atoms with van der Waals surface area (Å²) in [7, 11) is -4.02. The maximum absolute atomic E-state index is 12.3. The van der Waals surface area contributed by atoms with Crippen molar-refractivity contribution >= 4 is 48.3 Å². The Morgan fingerprint density at radius 2 is 1.53 bits per heavy atom. The lowest BCUT2D eigenvalue weighted by Gasteiger charge is -2.12. The minimum absolute atomic E-state index is 0.0130. The molecular weight excluding hydrogens is 502 g/mol. The maximum Gasteiger partial charge on any atom is 0.242 e. The molecule has 0 unspecified atom stereocenters. The molecule has 36 heavy (non-hydrogen) atoms. The molecular formula is C23H25N7O4S2. The molecule has 2 aromatic carbocycles. The van der Waals surface area contributed by atoms with Gasteiger partial charge in [0, 0.05) is 32.1 Å². The lowest BCUT2D eigenvalue weighted by Crippen LogP contribution is -2.22. The fraction of sp³-hybridized carbons (Fsp3) is 0.261. The van der Waals surface area contributed by atoms with Crippen LogP contribution in [0.3, 0.4) is 0 Å². The Labute approximate surface area is 208 Å². The summed E-state index contributed by atoms with van der Waals surface area (Å²) in [6, 6.07) is 14.5. The molecule has 188 valence electrons. The number of hydrogen-bond acceptors (Lipinski definition) is 9. The van der Waals surface area contributed by atoms with Crippen molar-refractivity contribution in [2.24, 2.45) is 0 Å². The summed E-state index contributed by atoms with van der Waals surface area (Å²) in [5, 5.41) is 13.4. The molecule has 0 bridgehead atoms. The topological polar surface area (TPSA) is 150 Å². The van der Waals surface area contributed by atoms with E-state index in [0.29, 0.717) is 11.2 Å². The Kier molecular flexibility index (Phi) is 5.93. The van der Waals surface area contributed by atoms with E-state index in [1.54, 1.807) is 24.3 Å². The van der Waals surface area contributed by atoms with Crippen molar-refractivity contribution in [3.8, 4) is 11.1 Å². The van der Waals surface area contributed by atoms with Crippen molar-refractivity contribution in [3.63, 3.8) is 0 Å². The predicted octanol–water partition coefficient (Wildman–Crippen LogP) is 2.99. The summed E-state index contributed by atoms with van der Waals surface area (Å²) >= 11 is 0. The SMILES string of the molecule is CN(C)S(=O)(=O)c1ccc(-c2ccc(Nc3nc(NC4CC4)c4c(S(C)(=O)=O)[nH]nc4n3)cc2)cc1. The fourth-order valence-electron chi connectivity index (χ4n) is 3.65. The van der Waals surface area contributed by atoms with E-state index in [9.17, 15) is 16.8 Å². The van der Waals surface area contributed by atoms with Gasteiger partial charge in [0.1, 0.15) is 11.2 Å². The van der Waals surface area contributed by atoms with Crippen LogP contribution < -0.4 is 10.6 Å². The molecule has 0 radical (unpaired) electrons. The first-order chi connectivity index (χ1) is 17.0. The first-order valence-electron chi connectivity index (χ1n) is 11.1. The van der Waals surface area contributed by atoms with Crippen LogP contribution in [0, 0.1) is 0 Å². The summed E-state index contributed by atoms with van der Waals surface area (Å²) in [6.07, 6.45) is 3.09. The molecule has 1 saturated carbocycles. The summed E-state index contributed by atoms with van der Waals surface area (Å²) in [4.78, 5) is 9.15. The zero-order valence-corrected chi connectivity index (χ0v) is 21.5. The molecule has 0 spiro atoms. The first kappa shape index (κ1) is 24.2. The van der Waals surface area contributed by atoms with E-state index in [2.05, 4.69) is 30.8 Å². The van der Waals surface area contributed by atoms with Gasteiger partial charge in [-0.25, -0.2) is 21.1 Å². The van der Waals surface area contributed by atoms with Gasteiger partial charge < -0.3 is 10.6 Å². The lowest BCUT2D eigenvalue weighted by molar-refractivity contribution is 0.521. The number of H-pyrrole nitrogens is 1. The third kappa shape index (κ3) is 4.76. The van der Waals surface area contributed by atoms with Gasteiger partial charge in [-0.2, -0.15) is 15.1 Å². The average molecular weight is 528 g/mol. The number of nitrogens with one attached hydrogen (secondary N) is 3. The van der Waals surface area contributed by atoms with Crippen LogP contribution in [0.2, 0.25) is 0 Å². The number of sulfone groups is 1. The molecule has 2 heterocycles. The highest BCUT2D eigenvalue weighted by molar-refractivity contribution is 7.90. The number of hydrogen-bond donors (Lipinski definition) is 3. The highest BCUT2D eigenvalue weighted by Gasteiger charge is 2.27. The third-order valence-electron chi connectivity index (χ3n) is 5.78. The highest BCUT2D eigenvalue weighted by atomic mass is 32.2. The van der Waals surface area contributed by atoms with Crippen molar-refractivity contribution in [1.82, 2.24) is 24.5 Å². The summed E-state index contributed by atoms with van der Waals surface area (Å²) in [5.41, 5.74) is 2.76. The zero-order chi connectivity index (χ0) is 25.7.